The van der Waals surface area contributed by atoms with Crippen molar-refractivity contribution in [1.82, 2.24) is 5.16 Å². The second-order valence-corrected chi connectivity index (χ2v) is 4.12. The van der Waals surface area contributed by atoms with E-state index < -0.39 is 5.82 Å². The highest BCUT2D eigenvalue weighted by molar-refractivity contribution is 9.10. The van der Waals surface area contributed by atoms with Crippen molar-refractivity contribution in [3.05, 3.63) is 33.5 Å². The van der Waals surface area contributed by atoms with Crippen molar-refractivity contribution in [3.8, 4) is 11.3 Å². The molecule has 1 heterocycles. The van der Waals surface area contributed by atoms with Gasteiger partial charge in [-0.3, -0.25) is 0 Å². The van der Waals surface area contributed by atoms with Crippen LogP contribution in [0.4, 0.5) is 10.3 Å². The molecule has 6 heteroatoms. The summed E-state index contributed by atoms with van der Waals surface area (Å²) in [6.45, 7) is 0. The Kier molecular flexibility index (Phi) is 2.67. The SMILES string of the molecule is Nc1cc(-c2cc(Br)c(F)cc2Cl)no1. The van der Waals surface area contributed by atoms with Gasteiger partial charge in [-0.2, -0.15) is 0 Å². The Morgan fingerprint density at radius 2 is 2.13 bits per heavy atom. The van der Waals surface area contributed by atoms with Gasteiger partial charge in [-0.25, -0.2) is 4.39 Å². The lowest BCUT2D eigenvalue weighted by atomic mass is 10.1. The average Bonchev–Trinajstić information content (AvgIpc) is 2.58. The van der Waals surface area contributed by atoms with Crippen LogP contribution in [-0.2, 0) is 0 Å². The maximum atomic E-state index is 13.1. The first-order valence-corrected chi connectivity index (χ1v) is 5.12. The van der Waals surface area contributed by atoms with E-state index in [0.717, 1.165) is 0 Å². The van der Waals surface area contributed by atoms with Crippen LogP contribution in [0.15, 0.2) is 27.2 Å². The molecule has 2 aromatic rings. The summed E-state index contributed by atoms with van der Waals surface area (Å²) in [5, 5.41) is 3.94. The number of aromatic nitrogens is 1. The highest BCUT2D eigenvalue weighted by atomic mass is 79.9. The predicted molar refractivity (Wildman–Crippen MR) is 59.0 cm³/mol. The van der Waals surface area contributed by atoms with Crippen LogP contribution in [0.25, 0.3) is 11.3 Å². The monoisotopic (exact) mass is 290 g/mol. The molecular weight excluding hydrogens is 286 g/mol. The van der Waals surface area contributed by atoms with Gasteiger partial charge < -0.3 is 10.3 Å². The molecule has 0 atom stereocenters. The first kappa shape index (κ1) is 10.4. The van der Waals surface area contributed by atoms with E-state index in [-0.39, 0.29) is 10.9 Å². The molecule has 0 amide bonds. The van der Waals surface area contributed by atoms with Gasteiger partial charge in [-0.1, -0.05) is 16.8 Å². The molecule has 0 radical (unpaired) electrons. The minimum atomic E-state index is -0.430. The zero-order valence-corrected chi connectivity index (χ0v) is 9.64. The summed E-state index contributed by atoms with van der Waals surface area (Å²) < 4.78 is 18.1. The van der Waals surface area contributed by atoms with Crippen LogP contribution in [-0.4, -0.2) is 5.16 Å². The number of rotatable bonds is 1. The number of nitrogen functional groups attached to an aromatic ring is 1. The second kappa shape index (κ2) is 3.83. The van der Waals surface area contributed by atoms with E-state index in [1.165, 1.54) is 18.2 Å². The van der Waals surface area contributed by atoms with Crippen molar-refractivity contribution in [2.24, 2.45) is 0 Å². The Labute approximate surface area is 98.1 Å². The van der Waals surface area contributed by atoms with Gasteiger partial charge in [0.1, 0.15) is 11.5 Å². The first-order chi connectivity index (χ1) is 7.08. The number of nitrogens with zero attached hydrogens (tertiary/aromatic N) is 1. The van der Waals surface area contributed by atoms with Crippen LogP contribution < -0.4 is 5.73 Å². The predicted octanol–water partition coefficient (Wildman–Crippen LogP) is 3.48. The summed E-state index contributed by atoms with van der Waals surface area (Å²) in [4.78, 5) is 0. The molecule has 0 saturated heterocycles. The molecule has 0 unspecified atom stereocenters. The van der Waals surface area contributed by atoms with Crippen LogP contribution in [0.2, 0.25) is 5.02 Å². The molecule has 0 fully saturated rings. The normalized spacial score (nSPS) is 10.6. The number of hydrogen-bond donors (Lipinski definition) is 1. The highest BCUT2D eigenvalue weighted by Gasteiger charge is 2.12. The first-order valence-electron chi connectivity index (χ1n) is 3.95. The highest BCUT2D eigenvalue weighted by Crippen LogP contribution is 2.32. The molecule has 1 aromatic heterocycles. The van der Waals surface area contributed by atoms with Crippen molar-refractivity contribution < 1.29 is 8.91 Å². The summed E-state index contributed by atoms with van der Waals surface area (Å²) in [7, 11) is 0. The van der Waals surface area contributed by atoms with Gasteiger partial charge in [-0.05, 0) is 28.1 Å². The number of anilines is 1. The van der Waals surface area contributed by atoms with Gasteiger partial charge in [0.05, 0.1) is 9.50 Å². The van der Waals surface area contributed by atoms with Crippen molar-refractivity contribution in [2.75, 3.05) is 5.73 Å². The van der Waals surface area contributed by atoms with E-state index in [4.69, 9.17) is 21.9 Å². The third-order valence-electron chi connectivity index (χ3n) is 1.81. The fourth-order valence-electron chi connectivity index (χ4n) is 1.14. The van der Waals surface area contributed by atoms with E-state index in [2.05, 4.69) is 21.1 Å². The second-order valence-electron chi connectivity index (χ2n) is 2.86. The molecule has 0 bridgehead atoms. The molecule has 15 heavy (non-hydrogen) atoms. The molecule has 0 spiro atoms. The van der Waals surface area contributed by atoms with Gasteiger partial charge >= 0.3 is 0 Å². The van der Waals surface area contributed by atoms with Gasteiger partial charge in [0, 0.05) is 11.6 Å². The largest absolute Gasteiger partial charge is 0.368 e. The van der Waals surface area contributed by atoms with Crippen LogP contribution in [0.1, 0.15) is 0 Å². The standard InChI is InChI=1S/C9H5BrClFN2O/c10-5-1-4(6(11)2-7(5)12)8-3-9(13)15-14-8/h1-3H,13H2. The van der Waals surface area contributed by atoms with Crippen LogP contribution >= 0.6 is 27.5 Å². The van der Waals surface area contributed by atoms with E-state index in [9.17, 15) is 4.39 Å². The lowest BCUT2D eigenvalue weighted by molar-refractivity contribution is 0.439. The number of hydrogen-bond acceptors (Lipinski definition) is 3. The van der Waals surface area contributed by atoms with Crippen molar-refractivity contribution in [1.29, 1.82) is 0 Å². The van der Waals surface area contributed by atoms with E-state index in [0.29, 0.717) is 15.7 Å². The number of halogens is 3. The van der Waals surface area contributed by atoms with Gasteiger partial charge in [0.25, 0.3) is 0 Å². The third kappa shape index (κ3) is 1.98. The number of benzene rings is 1. The Bertz CT molecular complexity index is 515. The summed E-state index contributed by atoms with van der Waals surface area (Å²) >= 11 is 8.92. The molecule has 0 saturated carbocycles. The fraction of sp³-hybridized carbons (Fsp3) is 0. The summed E-state index contributed by atoms with van der Waals surface area (Å²) in [5.41, 5.74) is 6.41. The molecule has 0 aliphatic heterocycles. The molecule has 2 rings (SSSR count). The third-order valence-corrected chi connectivity index (χ3v) is 2.73. The molecule has 78 valence electrons. The molecule has 0 aliphatic carbocycles. The van der Waals surface area contributed by atoms with Gasteiger partial charge in [0.2, 0.25) is 5.88 Å². The Morgan fingerprint density at radius 3 is 2.73 bits per heavy atom. The Balaban J connectivity index is 2.58. The maximum absolute atomic E-state index is 13.1. The van der Waals surface area contributed by atoms with Crippen LogP contribution in [0.5, 0.6) is 0 Å². The molecular formula is C9H5BrClFN2O. The van der Waals surface area contributed by atoms with Crippen LogP contribution in [0, 0.1) is 5.82 Å². The number of nitrogens with two attached hydrogens (primary N) is 1. The van der Waals surface area contributed by atoms with E-state index in [1.54, 1.807) is 0 Å². The summed E-state index contributed by atoms with van der Waals surface area (Å²) in [5.74, 6) is -0.248. The zero-order valence-electron chi connectivity index (χ0n) is 7.30. The van der Waals surface area contributed by atoms with Gasteiger partial charge in [0.15, 0.2) is 0 Å². The van der Waals surface area contributed by atoms with Crippen molar-refractivity contribution in [3.63, 3.8) is 0 Å². The summed E-state index contributed by atoms with van der Waals surface area (Å²) in [6, 6.07) is 4.24. The zero-order chi connectivity index (χ0) is 11.0. The quantitative estimate of drug-likeness (QED) is 0.818. The Hall–Kier alpha value is -1.07. The molecule has 1 aromatic carbocycles. The summed E-state index contributed by atoms with van der Waals surface area (Å²) in [6.07, 6.45) is 0. The molecule has 3 nitrogen and oxygen atoms in total. The maximum Gasteiger partial charge on any atom is 0.222 e. The van der Waals surface area contributed by atoms with Crippen LogP contribution in [0.3, 0.4) is 0 Å². The lowest BCUT2D eigenvalue weighted by Gasteiger charge is -2.01. The Morgan fingerprint density at radius 1 is 1.40 bits per heavy atom. The fourth-order valence-corrected chi connectivity index (χ4v) is 1.73. The minimum Gasteiger partial charge on any atom is -0.368 e. The van der Waals surface area contributed by atoms with Crippen molar-refractivity contribution in [2.45, 2.75) is 0 Å². The van der Waals surface area contributed by atoms with E-state index in [1.807, 2.05) is 0 Å². The van der Waals surface area contributed by atoms with Gasteiger partial charge in [-0.15, -0.1) is 0 Å². The average molecular weight is 292 g/mol. The molecule has 0 aliphatic rings. The minimum absolute atomic E-state index is 0.182. The topological polar surface area (TPSA) is 52.0 Å². The lowest BCUT2D eigenvalue weighted by Crippen LogP contribution is -1.84. The van der Waals surface area contributed by atoms with E-state index >= 15 is 0 Å². The van der Waals surface area contributed by atoms with Crippen molar-refractivity contribution >= 4 is 33.4 Å². The smallest absolute Gasteiger partial charge is 0.222 e. The molecule has 2 N–H and O–H groups in total.